The van der Waals surface area contributed by atoms with Crippen molar-refractivity contribution in [2.75, 3.05) is 32.6 Å². The van der Waals surface area contributed by atoms with Gasteiger partial charge in [0.05, 0.1) is 19.1 Å². The SMILES string of the molecule is COc1ccc(NC(=O)C2CCN(S(=O)(=O)c3ccc(OC)c4ncccc34)CC2)cc1. The zero-order valence-corrected chi connectivity index (χ0v) is 18.8. The quantitative estimate of drug-likeness (QED) is 0.613. The maximum atomic E-state index is 13.4. The number of hydrogen-bond donors (Lipinski definition) is 1. The molecule has 1 fully saturated rings. The van der Waals surface area contributed by atoms with Gasteiger partial charge in [-0.2, -0.15) is 4.31 Å². The lowest BCUT2D eigenvalue weighted by Crippen LogP contribution is -2.41. The minimum atomic E-state index is -3.74. The Hall–Kier alpha value is -3.17. The standard InChI is InChI=1S/C23H25N3O5S/c1-30-18-7-5-17(6-8-18)25-23(27)16-11-14-26(15-12-16)32(28,29)21-10-9-20(31-2)22-19(21)4-3-13-24-22/h3-10,13,16H,11-12,14-15H2,1-2H3,(H,25,27). The maximum Gasteiger partial charge on any atom is 0.243 e. The third-order valence-corrected chi connectivity index (χ3v) is 7.67. The number of nitrogens with zero attached hydrogens (tertiary/aromatic N) is 2. The number of piperidine rings is 1. The van der Waals surface area contributed by atoms with Crippen LogP contribution >= 0.6 is 0 Å². The molecular weight excluding hydrogens is 430 g/mol. The van der Waals surface area contributed by atoms with Gasteiger partial charge in [0.1, 0.15) is 17.0 Å². The van der Waals surface area contributed by atoms with E-state index >= 15 is 0 Å². The average molecular weight is 456 g/mol. The Morgan fingerprint density at radius 2 is 1.75 bits per heavy atom. The van der Waals surface area contributed by atoms with Crippen molar-refractivity contribution in [3.05, 3.63) is 54.7 Å². The summed E-state index contributed by atoms with van der Waals surface area (Å²) in [6.45, 7) is 0.549. The van der Waals surface area contributed by atoms with Crippen LogP contribution in [0.3, 0.4) is 0 Å². The van der Waals surface area contributed by atoms with Gasteiger partial charge in [-0.05, 0) is 61.4 Å². The van der Waals surface area contributed by atoms with Crippen molar-refractivity contribution in [1.82, 2.24) is 9.29 Å². The van der Waals surface area contributed by atoms with Gasteiger partial charge in [0.25, 0.3) is 0 Å². The number of aromatic nitrogens is 1. The smallest absolute Gasteiger partial charge is 0.243 e. The molecule has 1 aliphatic rings. The van der Waals surface area contributed by atoms with E-state index in [1.807, 2.05) is 0 Å². The second kappa shape index (κ2) is 9.13. The van der Waals surface area contributed by atoms with Crippen molar-refractivity contribution in [2.45, 2.75) is 17.7 Å². The molecule has 0 aliphatic carbocycles. The molecule has 0 unspecified atom stereocenters. The fourth-order valence-corrected chi connectivity index (χ4v) is 5.58. The lowest BCUT2D eigenvalue weighted by atomic mass is 9.97. The minimum Gasteiger partial charge on any atom is -0.497 e. The second-order valence-corrected chi connectivity index (χ2v) is 9.47. The van der Waals surface area contributed by atoms with Crippen LogP contribution < -0.4 is 14.8 Å². The Bertz CT molecular complexity index is 1220. The van der Waals surface area contributed by atoms with Crippen LogP contribution in [0.15, 0.2) is 59.6 Å². The van der Waals surface area contributed by atoms with Gasteiger partial charge in [0.2, 0.25) is 15.9 Å². The number of benzene rings is 2. The van der Waals surface area contributed by atoms with E-state index in [9.17, 15) is 13.2 Å². The van der Waals surface area contributed by atoms with Gasteiger partial charge in [-0.25, -0.2) is 8.42 Å². The van der Waals surface area contributed by atoms with Crippen LogP contribution in [0, 0.1) is 5.92 Å². The number of nitrogens with one attached hydrogen (secondary N) is 1. The first kappa shape index (κ1) is 22.0. The molecule has 1 N–H and O–H groups in total. The third kappa shape index (κ3) is 4.26. The molecule has 1 aromatic heterocycles. The van der Waals surface area contributed by atoms with Crippen LogP contribution in [-0.4, -0.2) is 50.9 Å². The van der Waals surface area contributed by atoms with Gasteiger partial charge in [0.15, 0.2) is 0 Å². The zero-order valence-electron chi connectivity index (χ0n) is 17.9. The van der Waals surface area contributed by atoms with Gasteiger partial charge in [-0.3, -0.25) is 9.78 Å². The summed E-state index contributed by atoms with van der Waals surface area (Å²) in [5.74, 6) is 0.875. The van der Waals surface area contributed by atoms with Gasteiger partial charge >= 0.3 is 0 Å². The highest BCUT2D eigenvalue weighted by Gasteiger charge is 2.33. The fourth-order valence-electron chi connectivity index (χ4n) is 3.93. The van der Waals surface area contributed by atoms with Crippen LogP contribution in [0.1, 0.15) is 12.8 Å². The number of carbonyl (C=O) groups is 1. The zero-order chi connectivity index (χ0) is 22.7. The van der Waals surface area contributed by atoms with Crippen molar-refractivity contribution < 1.29 is 22.7 Å². The van der Waals surface area contributed by atoms with Gasteiger partial charge < -0.3 is 14.8 Å². The molecule has 32 heavy (non-hydrogen) atoms. The summed E-state index contributed by atoms with van der Waals surface area (Å²) < 4.78 is 38.6. The highest BCUT2D eigenvalue weighted by molar-refractivity contribution is 7.89. The summed E-state index contributed by atoms with van der Waals surface area (Å²) >= 11 is 0. The summed E-state index contributed by atoms with van der Waals surface area (Å²) in [5, 5.41) is 3.42. The molecule has 0 atom stereocenters. The van der Waals surface area contributed by atoms with E-state index < -0.39 is 10.0 Å². The normalized spacial score (nSPS) is 15.4. The molecule has 2 aromatic carbocycles. The van der Waals surface area contributed by atoms with Crippen LogP contribution in [0.4, 0.5) is 5.69 Å². The highest BCUT2D eigenvalue weighted by atomic mass is 32.2. The molecule has 2 heterocycles. The monoisotopic (exact) mass is 455 g/mol. The number of ether oxygens (including phenoxy) is 2. The topological polar surface area (TPSA) is 97.8 Å². The summed E-state index contributed by atoms with van der Waals surface area (Å²) in [6, 6.07) is 13.7. The number of anilines is 1. The van der Waals surface area contributed by atoms with E-state index in [0.29, 0.717) is 40.9 Å². The Labute approximate surface area is 187 Å². The van der Waals surface area contributed by atoms with E-state index in [0.717, 1.165) is 0 Å². The number of amides is 1. The first-order valence-electron chi connectivity index (χ1n) is 10.3. The number of methoxy groups -OCH3 is 2. The van der Waals surface area contributed by atoms with Crippen LogP contribution in [-0.2, 0) is 14.8 Å². The van der Waals surface area contributed by atoms with Crippen molar-refractivity contribution in [2.24, 2.45) is 5.92 Å². The largest absolute Gasteiger partial charge is 0.497 e. The van der Waals surface area contributed by atoms with E-state index in [4.69, 9.17) is 9.47 Å². The number of pyridine rings is 1. The van der Waals surface area contributed by atoms with E-state index in [1.165, 1.54) is 11.4 Å². The van der Waals surface area contributed by atoms with Crippen LogP contribution in [0.2, 0.25) is 0 Å². The number of sulfonamides is 1. The Morgan fingerprint density at radius 1 is 1.03 bits per heavy atom. The Kier molecular flexibility index (Phi) is 6.29. The summed E-state index contributed by atoms with van der Waals surface area (Å²) in [6.07, 6.45) is 2.51. The van der Waals surface area contributed by atoms with Gasteiger partial charge in [0, 0.05) is 36.3 Å². The fraction of sp³-hybridized carbons (Fsp3) is 0.304. The number of rotatable bonds is 6. The molecule has 8 nitrogen and oxygen atoms in total. The molecule has 9 heteroatoms. The van der Waals surface area contributed by atoms with Crippen molar-refractivity contribution in [3.8, 4) is 11.5 Å². The molecule has 0 saturated carbocycles. The van der Waals surface area contributed by atoms with Gasteiger partial charge in [-0.1, -0.05) is 0 Å². The predicted octanol–water partition coefficient (Wildman–Crippen LogP) is 3.29. The van der Waals surface area contributed by atoms with E-state index in [2.05, 4.69) is 10.3 Å². The molecule has 4 rings (SSSR count). The Morgan fingerprint density at radius 3 is 2.41 bits per heavy atom. The highest BCUT2D eigenvalue weighted by Crippen LogP contribution is 2.32. The Balaban J connectivity index is 1.47. The first-order valence-corrected chi connectivity index (χ1v) is 11.7. The predicted molar refractivity (Wildman–Crippen MR) is 121 cm³/mol. The molecule has 0 spiro atoms. The van der Waals surface area contributed by atoms with E-state index in [-0.39, 0.29) is 29.8 Å². The van der Waals surface area contributed by atoms with Crippen molar-refractivity contribution in [3.63, 3.8) is 0 Å². The molecule has 0 bridgehead atoms. The van der Waals surface area contributed by atoms with Gasteiger partial charge in [-0.15, -0.1) is 0 Å². The van der Waals surface area contributed by atoms with Crippen LogP contribution in [0.5, 0.6) is 11.5 Å². The second-order valence-electron chi connectivity index (χ2n) is 7.56. The van der Waals surface area contributed by atoms with E-state index in [1.54, 1.807) is 61.8 Å². The number of hydrogen-bond acceptors (Lipinski definition) is 6. The minimum absolute atomic E-state index is 0.105. The lowest BCUT2D eigenvalue weighted by Gasteiger charge is -2.31. The molecule has 168 valence electrons. The first-order chi connectivity index (χ1) is 15.4. The third-order valence-electron chi connectivity index (χ3n) is 5.71. The lowest BCUT2D eigenvalue weighted by molar-refractivity contribution is -0.120. The number of carbonyl (C=O) groups excluding carboxylic acids is 1. The molecule has 1 saturated heterocycles. The molecule has 0 radical (unpaired) electrons. The molecule has 3 aromatic rings. The number of fused-ring (bicyclic) bond motifs is 1. The van der Waals surface area contributed by atoms with Crippen LogP contribution in [0.25, 0.3) is 10.9 Å². The molecular formula is C23H25N3O5S. The summed E-state index contributed by atoms with van der Waals surface area (Å²) in [5.41, 5.74) is 1.19. The maximum absolute atomic E-state index is 13.4. The molecule has 1 amide bonds. The molecule has 1 aliphatic heterocycles. The average Bonchev–Trinajstić information content (AvgIpc) is 2.83. The summed E-state index contributed by atoms with van der Waals surface area (Å²) in [4.78, 5) is 17.1. The van der Waals surface area contributed by atoms with Crippen molar-refractivity contribution >= 4 is 32.5 Å². The summed E-state index contributed by atoms with van der Waals surface area (Å²) in [7, 11) is -0.626. The van der Waals surface area contributed by atoms with Crippen molar-refractivity contribution in [1.29, 1.82) is 0 Å².